The standard InChI is InChI=1S/C16H16BrNO3S/c1-11-3-8-14(9-15(11)17)18-16(19)13-6-4-12(5-7-13)10-22(2,20)21/h3-9H,10H2,1-2H3,(H,18,19). The van der Waals surface area contributed by atoms with Crippen molar-refractivity contribution in [2.45, 2.75) is 12.7 Å². The van der Waals surface area contributed by atoms with Crippen LogP contribution in [0.3, 0.4) is 0 Å². The van der Waals surface area contributed by atoms with Crippen molar-refractivity contribution >= 4 is 37.4 Å². The van der Waals surface area contributed by atoms with Crippen LogP contribution in [0.1, 0.15) is 21.5 Å². The molecule has 2 aromatic rings. The topological polar surface area (TPSA) is 63.2 Å². The third-order valence-electron chi connectivity index (χ3n) is 3.07. The van der Waals surface area contributed by atoms with E-state index >= 15 is 0 Å². The van der Waals surface area contributed by atoms with Gasteiger partial charge in [0.1, 0.15) is 0 Å². The van der Waals surface area contributed by atoms with E-state index in [1.54, 1.807) is 24.3 Å². The number of carbonyl (C=O) groups is 1. The first-order chi connectivity index (χ1) is 10.2. The second-order valence-corrected chi connectivity index (χ2v) is 8.18. The van der Waals surface area contributed by atoms with Gasteiger partial charge in [0.2, 0.25) is 0 Å². The maximum Gasteiger partial charge on any atom is 0.255 e. The van der Waals surface area contributed by atoms with Crippen molar-refractivity contribution in [3.05, 3.63) is 63.6 Å². The summed E-state index contributed by atoms with van der Waals surface area (Å²) in [4.78, 5) is 12.2. The zero-order valence-electron chi connectivity index (χ0n) is 12.3. The highest BCUT2D eigenvalue weighted by Gasteiger charge is 2.09. The van der Waals surface area contributed by atoms with Crippen molar-refractivity contribution in [3.63, 3.8) is 0 Å². The molecule has 0 aromatic heterocycles. The first kappa shape index (κ1) is 16.7. The number of anilines is 1. The molecule has 0 aliphatic carbocycles. The van der Waals surface area contributed by atoms with Gasteiger partial charge in [0.15, 0.2) is 9.84 Å². The molecule has 0 heterocycles. The van der Waals surface area contributed by atoms with Gasteiger partial charge >= 0.3 is 0 Å². The Bertz CT molecular complexity index is 799. The molecule has 0 unspecified atom stereocenters. The van der Waals surface area contributed by atoms with Crippen molar-refractivity contribution in [3.8, 4) is 0 Å². The fourth-order valence-corrected chi connectivity index (χ4v) is 3.11. The molecule has 6 heteroatoms. The summed E-state index contributed by atoms with van der Waals surface area (Å²) in [6, 6.07) is 12.1. The minimum absolute atomic E-state index is 0.0280. The van der Waals surface area contributed by atoms with E-state index in [0.717, 1.165) is 10.0 Å². The normalized spacial score (nSPS) is 11.2. The second kappa shape index (κ2) is 6.62. The van der Waals surface area contributed by atoms with Gasteiger partial charge in [-0.15, -0.1) is 0 Å². The van der Waals surface area contributed by atoms with E-state index in [2.05, 4.69) is 21.2 Å². The van der Waals surface area contributed by atoms with Crippen LogP contribution in [0.25, 0.3) is 0 Å². The number of nitrogens with one attached hydrogen (secondary N) is 1. The van der Waals surface area contributed by atoms with Crippen molar-refractivity contribution in [1.82, 2.24) is 0 Å². The molecule has 1 amide bonds. The largest absolute Gasteiger partial charge is 0.322 e. The van der Waals surface area contributed by atoms with E-state index in [1.165, 1.54) is 6.26 Å². The van der Waals surface area contributed by atoms with Gasteiger partial charge < -0.3 is 5.32 Å². The van der Waals surface area contributed by atoms with Crippen LogP contribution in [0.5, 0.6) is 0 Å². The fourth-order valence-electron chi connectivity index (χ4n) is 1.93. The Morgan fingerprint density at radius 1 is 1.14 bits per heavy atom. The molecule has 0 bridgehead atoms. The first-order valence-corrected chi connectivity index (χ1v) is 9.44. The Morgan fingerprint density at radius 3 is 2.32 bits per heavy atom. The fraction of sp³-hybridized carbons (Fsp3) is 0.188. The molecule has 0 radical (unpaired) electrons. The summed E-state index contributed by atoms with van der Waals surface area (Å²) >= 11 is 3.42. The Morgan fingerprint density at radius 2 is 1.77 bits per heavy atom. The molecule has 0 aliphatic heterocycles. The van der Waals surface area contributed by atoms with Gasteiger partial charge in [0.05, 0.1) is 5.75 Å². The Hall–Kier alpha value is -1.66. The molecule has 2 aromatic carbocycles. The lowest BCUT2D eigenvalue weighted by Crippen LogP contribution is -2.12. The molecule has 1 N–H and O–H groups in total. The van der Waals surface area contributed by atoms with Gasteiger partial charge in [0.25, 0.3) is 5.91 Å². The number of sulfone groups is 1. The number of halogens is 1. The molecule has 0 spiro atoms. The second-order valence-electron chi connectivity index (χ2n) is 5.19. The molecule has 2 rings (SSSR count). The highest BCUT2D eigenvalue weighted by molar-refractivity contribution is 9.10. The number of rotatable bonds is 4. The predicted octanol–water partition coefficient (Wildman–Crippen LogP) is 3.55. The van der Waals surface area contributed by atoms with E-state index in [4.69, 9.17) is 0 Å². The third-order valence-corrected chi connectivity index (χ3v) is 4.79. The average molecular weight is 382 g/mol. The molecule has 0 aliphatic rings. The number of hydrogen-bond acceptors (Lipinski definition) is 3. The van der Waals surface area contributed by atoms with E-state index in [-0.39, 0.29) is 11.7 Å². The average Bonchev–Trinajstić information content (AvgIpc) is 2.42. The minimum Gasteiger partial charge on any atom is -0.322 e. The highest BCUT2D eigenvalue weighted by atomic mass is 79.9. The van der Waals surface area contributed by atoms with Crippen LogP contribution in [0.2, 0.25) is 0 Å². The number of amides is 1. The third kappa shape index (κ3) is 4.68. The molecule has 22 heavy (non-hydrogen) atoms. The Kier molecular flexibility index (Phi) is 5.03. The van der Waals surface area contributed by atoms with E-state index < -0.39 is 9.84 Å². The smallest absolute Gasteiger partial charge is 0.255 e. The van der Waals surface area contributed by atoms with Crippen LogP contribution in [0.4, 0.5) is 5.69 Å². The molecule has 0 fully saturated rings. The van der Waals surface area contributed by atoms with Crippen LogP contribution in [0, 0.1) is 6.92 Å². The van der Waals surface area contributed by atoms with Crippen LogP contribution in [-0.4, -0.2) is 20.6 Å². The molecule has 0 saturated heterocycles. The maximum atomic E-state index is 12.2. The van der Waals surface area contributed by atoms with Gasteiger partial charge in [-0.25, -0.2) is 8.42 Å². The van der Waals surface area contributed by atoms with Crippen molar-refractivity contribution in [2.24, 2.45) is 0 Å². The Balaban J connectivity index is 2.11. The van der Waals surface area contributed by atoms with Gasteiger partial charge in [-0.1, -0.05) is 34.1 Å². The number of aryl methyl sites for hydroxylation is 1. The molecular weight excluding hydrogens is 366 g/mol. The molecule has 0 saturated carbocycles. The summed E-state index contributed by atoms with van der Waals surface area (Å²) in [6.45, 7) is 1.97. The summed E-state index contributed by atoms with van der Waals surface area (Å²) in [5.74, 6) is -0.263. The van der Waals surface area contributed by atoms with Crippen LogP contribution in [-0.2, 0) is 15.6 Å². The summed E-state index contributed by atoms with van der Waals surface area (Å²) < 4.78 is 23.4. The predicted molar refractivity (Wildman–Crippen MR) is 91.8 cm³/mol. The zero-order chi connectivity index (χ0) is 16.3. The van der Waals surface area contributed by atoms with Gasteiger partial charge in [-0.2, -0.15) is 0 Å². The van der Waals surface area contributed by atoms with E-state index in [9.17, 15) is 13.2 Å². The summed E-state index contributed by atoms with van der Waals surface area (Å²) in [5, 5.41) is 2.81. The van der Waals surface area contributed by atoms with Crippen molar-refractivity contribution in [2.75, 3.05) is 11.6 Å². The molecule has 0 atom stereocenters. The van der Waals surface area contributed by atoms with Crippen LogP contribution in [0.15, 0.2) is 46.9 Å². The van der Waals surface area contributed by atoms with E-state index in [1.807, 2.05) is 25.1 Å². The van der Waals surface area contributed by atoms with Gasteiger partial charge in [0, 0.05) is 22.0 Å². The summed E-state index contributed by atoms with van der Waals surface area (Å²) in [7, 11) is -3.07. The first-order valence-electron chi connectivity index (χ1n) is 6.59. The summed E-state index contributed by atoms with van der Waals surface area (Å²) in [5.41, 5.74) is 2.93. The highest BCUT2D eigenvalue weighted by Crippen LogP contribution is 2.21. The lowest BCUT2D eigenvalue weighted by molar-refractivity contribution is 0.102. The number of benzene rings is 2. The zero-order valence-corrected chi connectivity index (χ0v) is 14.7. The molecule has 116 valence electrons. The van der Waals surface area contributed by atoms with Crippen molar-refractivity contribution < 1.29 is 13.2 Å². The molecular formula is C16H16BrNO3S. The quantitative estimate of drug-likeness (QED) is 0.880. The van der Waals surface area contributed by atoms with Crippen molar-refractivity contribution in [1.29, 1.82) is 0 Å². The lowest BCUT2D eigenvalue weighted by atomic mass is 10.1. The monoisotopic (exact) mass is 381 g/mol. The number of hydrogen-bond donors (Lipinski definition) is 1. The SMILES string of the molecule is Cc1ccc(NC(=O)c2ccc(CS(C)(=O)=O)cc2)cc1Br. The van der Waals surface area contributed by atoms with Gasteiger partial charge in [-0.05, 0) is 42.3 Å². The lowest BCUT2D eigenvalue weighted by Gasteiger charge is -2.08. The van der Waals surface area contributed by atoms with Gasteiger partial charge in [-0.3, -0.25) is 4.79 Å². The minimum atomic E-state index is -3.07. The number of carbonyl (C=O) groups excluding carboxylic acids is 1. The van der Waals surface area contributed by atoms with Crippen LogP contribution >= 0.6 is 15.9 Å². The maximum absolute atomic E-state index is 12.2. The van der Waals surface area contributed by atoms with Crippen LogP contribution < -0.4 is 5.32 Å². The Labute approximate surface area is 138 Å². The molecule has 4 nitrogen and oxygen atoms in total. The summed E-state index contributed by atoms with van der Waals surface area (Å²) in [6.07, 6.45) is 1.18. The van der Waals surface area contributed by atoms with E-state index in [0.29, 0.717) is 16.8 Å².